The summed E-state index contributed by atoms with van der Waals surface area (Å²) >= 11 is 3.36. The van der Waals surface area contributed by atoms with Crippen molar-refractivity contribution >= 4 is 33.8 Å². The van der Waals surface area contributed by atoms with Crippen LogP contribution in [0.5, 0.6) is 11.5 Å². The molecule has 0 saturated heterocycles. The Labute approximate surface area is 160 Å². The maximum Gasteiger partial charge on any atom is 0.276 e. The van der Waals surface area contributed by atoms with Crippen LogP contribution in [0.25, 0.3) is 6.08 Å². The topological polar surface area (TPSA) is 76.7 Å². The minimum absolute atomic E-state index is 0.209. The standard InChI is InChI=1S/C19H19BrN2O4/c1-13-11-15(20)8-9-16(13)26-12-19(24)22-21-18(23)10-7-14-5-3-4-6-17(14)25-2/h3-11H,12H2,1-2H3,(H,21,23)(H,22,24)/b10-7+. The Morgan fingerprint density at radius 2 is 1.88 bits per heavy atom. The number of rotatable bonds is 6. The lowest BCUT2D eigenvalue weighted by molar-refractivity contribution is -0.128. The summed E-state index contributed by atoms with van der Waals surface area (Å²) in [7, 11) is 1.56. The highest BCUT2D eigenvalue weighted by Gasteiger charge is 2.06. The normalized spacial score (nSPS) is 10.4. The fourth-order valence-corrected chi connectivity index (χ4v) is 2.57. The zero-order chi connectivity index (χ0) is 18.9. The first-order chi connectivity index (χ1) is 12.5. The average molecular weight is 419 g/mol. The van der Waals surface area contributed by atoms with E-state index in [1.165, 1.54) is 6.08 Å². The number of benzene rings is 2. The van der Waals surface area contributed by atoms with Crippen molar-refractivity contribution in [2.24, 2.45) is 0 Å². The second-order valence-corrected chi connectivity index (χ2v) is 6.23. The van der Waals surface area contributed by atoms with Crippen LogP contribution in [0.3, 0.4) is 0 Å². The quantitative estimate of drug-likeness (QED) is 0.558. The molecular formula is C19H19BrN2O4. The van der Waals surface area contributed by atoms with E-state index in [0.717, 1.165) is 15.6 Å². The lowest BCUT2D eigenvalue weighted by Gasteiger charge is -2.10. The van der Waals surface area contributed by atoms with Crippen LogP contribution in [0.4, 0.5) is 0 Å². The zero-order valence-electron chi connectivity index (χ0n) is 14.4. The van der Waals surface area contributed by atoms with Gasteiger partial charge in [0, 0.05) is 16.1 Å². The van der Waals surface area contributed by atoms with Gasteiger partial charge in [-0.3, -0.25) is 20.4 Å². The summed E-state index contributed by atoms with van der Waals surface area (Å²) in [6.07, 6.45) is 2.90. The van der Waals surface area contributed by atoms with Crippen LogP contribution in [0.15, 0.2) is 53.0 Å². The number of hydrogen-bond acceptors (Lipinski definition) is 4. The predicted octanol–water partition coefficient (Wildman–Crippen LogP) is 3.01. The number of halogens is 1. The third-order valence-corrected chi connectivity index (χ3v) is 3.87. The molecule has 0 spiro atoms. The largest absolute Gasteiger partial charge is 0.496 e. The van der Waals surface area contributed by atoms with Gasteiger partial charge < -0.3 is 9.47 Å². The molecule has 0 aromatic heterocycles. The van der Waals surface area contributed by atoms with Crippen LogP contribution in [0.2, 0.25) is 0 Å². The molecule has 0 aliphatic rings. The molecule has 0 saturated carbocycles. The molecule has 2 aromatic carbocycles. The van der Waals surface area contributed by atoms with Crippen LogP contribution in [-0.4, -0.2) is 25.5 Å². The molecule has 26 heavy (non-hydrogen) atoms. The highest BCUT2D eigenvalue weighted by atomic mass is 79.9. The number of carbonyl (C=O) groups is 2. The number of hydrogen-bond donors (Lipinski definition) is 2. The molecule has 6 nitrogen and oxygen atoms in total. The fourth-order valence-electron chi connectivity index (χ4n) is 2.10. The Morgan fingerprint density at radius 1 is 1.12 bits per heavy atom. The molecule has 0 unspecified atom stereocenters. The maximum atomic E-state index is 11.8. The van der Waals surface area contributed by atoms with Crippen LogP contribution in [0, 0.1) is 6.92 Å². The highest BCUT2D eigenvalue weighted by Crippen LogP contribution is 2.22. The van der Waals surface area contributed by atoms with Crippen molar-refractivity contribution in [3.8, 4) is 11.5 Å². The van der Waals surface area contributed by atoms with Crippen LogP contribution >= 0.6 is 15.9 Å². The summed E-state index contributed by atoms with van der Waals surface area (Å²) in [5.74, 6) is 0.319. The van der Waals surface area contributed by atoms with Gasteiger partial charge in [-0.25, -0.2) is 0 Å². The predicted molar refractivity (Wildman–Crippen MR) is 103 cm³/mol. The fraction of sp³-hybridized carbons (Fsp3) is 0.158. The molecule has 0 heterocycles. The maximum absolute atomic E-state index is 11.8. The van der Waals surface area contributed by atoms with E-state index in [-0.39, 0.29) is 6.61 Å². The second kappa shape index (κ2) is 9.62. The van der Waals surface area contributed by atoms with E-state index in [2.05, 4.69) is 26.8 Å². The number of carbonyl (C=O) groups excluding carboxylic acids is 2. The van der Waals surface area contributed by atoms with Crippen molar-refractivity contribution in [1.29, 1.82) is 0 Å². The Kier molecular flexibility index (Phi) is 7.23. The molecule has 0 aliphatic heterocycles. The number of hydrazine groups is 1. The summed E-state index contributed by atoms with van der Waals surface area (Å²) in [6, 6.07) is 12.8. The van der Waals surface area contributed by atoms with Gasteiger partial charge in [0.1, 0.15) is 11.5 Å². The van der Waals surface area contributed by atoms with Gasteiger partial charge in [-0.05, 0) is 42.8 Å². The monoisotopic (exact) mass is 418 g/mol. The smallest absolute Gasteiger partial charge is 0.276 e. The van der Waals surface area contributed by atoms with Gasteiger partial charge in [0.25, 0.3) is 11.8 Å². The molecule has 0 bridgehead atoms. The summed E-state index contributed by atoms with van der Waals surface area (Å²) in [5, 5.41) is 0. The van der Waals surface area contributed by atoms with Crippen LogP contribution < -0.4 is 20.3 Å². The van der Waals surface area contributed by atoms with Crippen molar-refractivity contribution in [3.63, 3.8) is 0 Å². The van der Waals surface area contributed by atoms with Gasteiger partial charge in [-0.15, -0.1) is 0 Å². The summed E-state index contributed by atoms with van der Waals surface area (Å²) in [4.78, 5) is 23.6. The Balaban J connectivity index is 1.79. The molecule has 2 aromatic rings. The van der Waals surface area contributed by atoms with E-state index >= 15 is 0 Å². The first-order valence-corrected chi connectivity index (χ1v) is 8.58. The van der Waals surface area contributed by atoms with Gasteiger partial charge in [0.05, 0.1) is 7.11 Å². The van der Waals surface area contributed by atoms with Gasteiger partial charge >= 0.3 is 0 Å². The molecule has 136 valence electrons. The number of ether oxygens (including phenoxy) is 2. The van der Waals surface area contributed by atoms with Gasteiger partial charge in [-0.2, -0.15) is 0 Å². The van der Waals surface area contributed by atoms with Crippen LogP contribution in [-0.2, 0) is 9.59 Å². The van der Waals surface area contributed by atoms with Crippen molar-refractivity contribution < 1.29 is 19.1 Å². The third kappa shape index (κ3) is 5.93. The van der Waals surface area contributed by atoms with E-state index in [4.69, 9.17) is 9.47 Å². The van der Waals surface area contributed by atoms with Gasteiger partial charge in [0.15, 0.2) is 6.61 Å². The average Bonchev–Trinajstić information content (AvgIpc) is 2.64. The molecule has 0 atom stereocenters. The van der Waals surface area contributed by atoms with Crippen molar-refractivity contribution in [2.75, 3.05) is 13.7 Å². The highest BCUT2D eigenvalue weighted by molar-refractivity contribution is 9.10. The lowest BCUT2D eigenvalue weighted by atomic mass is 10.2. The van der Waals surface area contributed by atoms with Crippen molar-refractivity contribution in [3.05, 3.63) is 64.1 Å². The van der Waals surface area contributed by atoms with E-state index in [0.29, 0.717) is 11.5 Å². The molecular weight excluding hydrogens is 400 g/mol. The molecule has 2 rings (SSSR count). The first-order valence-electron chi connectivity index (χ1n) is 7.78. The van der Waals surface area contributed by atoms with Gasteiger partial charge in [0.2, 0.25) is 0 Å². The van der Waals surface area contributed by atoms with E-state index in [1.54, 1.807) is 25.3 Å². The number of nitrogens with one attached hydrogen (secondary N) is 2. The lowest BCUT2D eigenvalue weighted by Crippen LogP contribution is -2.43. The number of methoxy groups -OCH3 is 1. The number of para-hydroxylation sites is 1. The number of amides is 2. The zero-order valence-corrected chi connectivity index (χ0v) is 16.0. The molecule has 0 fully saturated rings. The van der Waals surface area contributed by atoms with E-state index < -0.39 is 11.8 Å². The molecule has 0 radical (unpaired) electrons. The molecule has 0 aliphatic carbocycles. The third-order valence-electron chi connectivity index (χ3n) is 3.37. The summed E-state index contributed by atoms with van der Waals surface area (Å²) in [6.45, 7) is 1.67. The molecule has 2 N–H and O–H groups in total. The van der Waals surface area contributed by atoms with Crippen molar-refractivity contribution in [1.82, 2.24) is 10.9 Å². The second-order valence-electron chi connectivity index (χ2n) is 5.31. The van der Waals surface area contributed by atoms with Gasteiger partial charge in [-0.1, -0.05) is 34.1 Å². The van der Waals surface area contributed by atoms with E-state index in [9.17, 15) is 9.59 Å². The SMILES string of the molecule is COc1ccccc1/C=C/C(=O)NNC(=O)COc1ccc(Br)cc1C. The molecule has 2 amide bonds. The Morgan fingerprint density at radius 3 is 2.62 bits per heavy atom. The number of aryl methyl sites for hydroxylation is 1. The first kappa shape index (κ1) is 19.5. The molecule has 7 heteroatoms. The minimum Gasteiger partial charge on any atom is -0.496 e. The Bertz CT molecular complexity index is 821. The minimum atomic E-state index is -0.468. The van der Waals surface area contributed by atoms with Crippen molar-refractivity contribution in [2.45, 2.75) is 6.92 Å². The van der Waals surface area contributed by atoms with E-state index in [1.807, 2.05) is 37.3 Å². The summed E-state index contributed by atoms with van der Waals surface area (Å²) in [5.41, 5.74) is 6.24. The Hall–Kier alpha value is -2.80. The summed E-state index contributed by atoms with van der Waals surface area (Å²) < 4.78 is 11.6. The van der Waals surface area contributed by atoms with Crippen LogP contribution in [0.1, 0.15) is 11.1 Å².